The highest BCUT2D eigenvalue weighted by atomic mass is 35.5. The summed E-state index contributed by atoms with van der Waals surface area (Å²) in [6.07, 6.45) is 3.36. The number of rotatable bonds is 4. The number of hydrogen-bond donors (Lipinski definition) is 0. The maximum Gasteiger partial charge on any atom is 0.290 e. The van der Waals surface area contributed by atoms with Gasteiger partial charge in [-0.1, -0.05) is 17.7 Å². The molecule has 0 unspecified atom stereocenters. The van der Waals surface area contributed by atoms with Gasteiger partial charge in [0.15, 0.2) is 5.43 Å². The molecule has 0 saturated carbocycles. The quantitative estimate of drug-likeness (QED) is 0.639. The maximum absolute atomic E-state index is 13.4. The normalized spacial score (nSPS) is 19.4. The van der Waals surface area contributed by atoms with Gasteiger partial charge in [-0.15, -0.1) is 0 Å². The second-order valence-electron chi connectivity index (χ2n) is 7.46. The second kappa shape index (κ2) is 7.83. The summed E-state index contributed by atoms with van der Waals surface area (Å²) in [7, 11) is 0. The summed E-state index contributed by atoms with van der Waals surface area (Å²) in [6.45, 7) is 4.19. The van der Waals surface area contributed by atoms with Crippen LogP contribution in [0.4, 0.5) is 0 Å². The summed E-state index contributed by atoms with van der Waals surface area (Å²) in [5.74, 6) is -0.174. The van der Waals surface area contributed by atoms with Crippen LogP contribution in [0.25, 0.3) is 11.0 Å². The van der Waals surface area contributed by atoms with Gasteiger partial charge in [-0.05, 0) is 29.8 Å². The van der Waals surface area contributed by atoms with Crippen LogP contribution in [0.1, 0.15) is 27.7 Å². The van der Waals surface area contributed by atoms with Crippen molar-refractivity contribution in [1.29, 1.82) is 0 Å². The molecule has 154 valence electrons. The average molecular weight is 426 g/mol. The molecule has 2 aliphatic heterocycles. The van der Waals surface area contributed by atoms with Gasteiger partial charge in [0.1, 0.15) is 5.58 Å². The number of hydrogen-bond acceptors (Lipinski definition) is 6. The summed E-state index contributed by atoms with van der Waals surface area (Å²) >= 11 is 6.10. The highest BCUT2D eigenvalue weighted by molar-refractivity contribution is 6.31. The highest BCUT2D eigenvalue weighted by Gasteiger charge is 2.42. The Morgan fingerprint density at radius 3 is 2.73 bits per heavy atom. The molecule has 3 aromatic rings. The maximum atomic E-state index is 13.4. The average Bonchev–Trinajstić information content (AvgIpc) is 3.06. The van der Waals surface area contributed by atoms with Gasteiger partial charge in [-0.25, -0.2) is 0 Å². The molecular formula is C22H20ClN3O4. The third-order valence-corrected chi connectivity index (χ3v) is 5.92. The second-order valence-corrected chi connectivity index (χ2v) is 7.89. The molecule has 0 bridgehead atoms. The smallest absolute Gasteiger partial charge is 0.290 e. The van der Waals surface area contributed by atoms with E-state index in [0.29, 0.717) is 47.9 Å². The van der Waals surface area contributed by atoms with Crippen LogP contribution >= 0.6 is 11.6 Å². The van der Waals surface area contributed by atoms with E-state index in [0.717, 1.165) is 18.7 Å². The summed E-state index contributed by atoms with van der Waals surface area (Å²) in [5, 5.41) is 0.819. The van der Waals surface area contributed by atoms with Gasteiger partial charge in [-0.3, -0.25) is 19.5 Å². The molecule has 30 heavy (non-hydrogen) atoms. The summed E-state index contributed by atoms with van der Waals surface area (Å²) < 4.78 is 11.3. The van der Waals surface area contributed by atoms with Crippen molar-refractivity contribution in [2.45, 2.75) is 6.04 Å². The number of ether oxygens (including phenoxy) is 1. The van der Waals surface area contributed by atoms with Gasteiger partial charge in [0.25, 0.3) is 5.91 Å². The number of pyridine rings is 1. The van der Waals surface area contributed by atoms with E-state index in [4.69, 9.17) is 20.8 Å². The van der Waals surface area contributed by atoms with Crippen LogP contribution in [-0.4, -0.2) is 60.1 Å². The van der Waals surface area contributed by atoms with E-state index in [1.165, 1.54) is 0 Å². The molecule has 1 saturated heterocycles. The van der Waals surface area contributed by atoms with Gasteiger partial charge in [0.05, 0.1) is 30.2 Å². The summed E-state index contributed by atoms with van der Waals surface area (Å²) in [5.41, 5.74) is 1.26. The molecule has 1 atom stereocenters. The van der Waals surface area contributed by atoms with Crippen molar-refractivity contribution in [2.24, 2.45) is 0 Å². The Morgan fingerprint density at radius 2 is 1.97 bits per heavy atom. The van der Waals surface area contributed by atoms with Crippen molar-refractivity contribution in [3.8, 4) is 0 Å². The number of amides is 1. The summed E-state index contributed by atoms with van der Waals surface area (Å²) in [4.78, 5) is 34.9. The predicted octanol–water partition coefficient (Wildman–Crippen LogP) is 2.72. The number of carbonyl (C=O) groups excluding carboxylic acids is 1. The number of nitrogens with zero attached hydrogens (tertiary/aromatic N) is 3. The molecule has 0 N–H and O–H groups in total. The lowest BCUT2D eigenvalue weighted by atomic mass is 10.00. The number of carbonyl (C=O) groups is 1. The molecule has 5 rings (SSSR count). The lowest BCUT2D eigenvalue weighted by Crippen LogP contribution is -2.42. The number of morpholine rings is 1. The van der Waals surface area contributed by atoms with Gasteiger partial charge < -0.3 is 14.1 Å². The zero-order valence-electron chi connectivity index (χ0n) is 16.2. The number of aromatic nitrogens is 1. The van der Waals surface area contributed by atoms with Gasteiger partial charge in [0.2, 0.25) is 5.76 Å². The van der Waals surface area contributed by atoms with E-state index in [-0.39, 0.29) is 17.1 Å². The van der Waals surface area contributed by atoms with Crippen molar-refractivity contribution >= 4 is 28.5 Å². The van der Waals surface area contributed by atoms with Crippen LogP contribution in [0.5, 0.6) is 0 Å². The van der Waals surface area contributed by atoms with Crippen molar-refractivity contribution in [3.05, 3.63) is 74.9 Å². The van der Waals surface area contributed by atoms with E-state index < -0.39 is 6.04 Å². The molecule has 0 spiro atoms. The van der Waals surface area contributed by atoms with Crippen LogP contribution in [0.2, 0.25) is 5.02 Å². The molecule has 1 aromatic carbocycles. The van der Waals surface area contributed by atoms with E-state index >= 15 is 0 Å². The molecular weight excluding hydrogens is 406 g/mol. The largest absolute Gasteiger partial charge is 0.450 e. The van der Waals surface area contributed by atoms with E-state index in [2.05, 4.69) is 9.88 Å². The topological polar surface area (TPSA) is 75.9 Å². The van der Waals surface area contributed by atoms with Gasteiger partial charge in [-0.2, -0.15) is 0 Å². The minimum atomic E-state index is -0.540. The fourth-order valence-electron chi connectivity index (χ4n) is 4.18. The van der Waals surface area contributed by atoms with Crippen LogP contribution in [0.15, 0.2) is 51.9 Å². The minimum absolute atomic E-state index is 0.102. The van der Waals surface area contributed by atoms with Crippen molar-refractivity contribution in [3.63, 3.8) is 0 Å². The van der Waals surface area contributed by atoms with Gasteiger partial charge >= 0.3 is 0 Å². The van der Waals surface area contributed by atoms with Crippen LogP contribution in [0, 0.1) is 0 Å². The lowest BCUT2D eigenvalue weighted by Gasteiger charge is -2.30. The Balaban J connectivity index is 1.60. The zero-order chi connectivity index (χ0) is 20.7. The predicted molar refractivity (Wildman–Crippen MR) is 112 cm³/mol. The van der Waals surface area contributed by atoms with E-state index in [9.17, 15) is 9.59 Å². The van der Waals surface area contributed by atoms with Gasteiger partial charge in [0, 0.05) is 43.6 Å². The SMILES string of the molecule is O=C1c2oc3ccc(Cl)cc3c(=O)c2[C@H](c2cccnc2)N1CCN1CCOCC1. The zero-order valence-corrected chi connectivity index (χ0v) is 17.0. The molecule has 1 amide bonds. The molecule has 0 radical (unpaired) electrons. The minimum Gasteiger partial charge on any atom is -0.450 e. The fraction of sp³-hybridized carbons (Fsp3) is 0.318. The Labute approximate surface area is 177 Å². The Bertz CT molecular complexity index is 1160. The fourth-order valence-corrected chi connectivity index (χ4v) is 4.35. The Morgan fingerprint density at radius 1 is 1.13 bits per heavy atom. The van der Waals surface area contributed by atoms with Crippen LogP contribution in [-0.2, 0) is 4.74 Å². The Hall–Kier alpha value is -2.74. The lowest BCUT2D eigenvalue weighted by molar-refractivity contribution is 0.0314. The van der Waals surface area contributed by atoms with E-state index in [1.54, 1.807) is 41.6 Å². The van der Waals surface area contributed by atoms with Crippen molar-refractivity contribution in [2.75, 3.05) is 39.4 Å². The molecule has 0 aliphatic carbocycles. The Kier molecular flexibility index (Phi) is 5.02. The third kappa shape index (κ3) is 3.29. The number of halogens is 1. The molecule has 7 nitrogen and oxygen atoms in total. The first kappa shape index (κ1) is 19.2. The third-order valence-electron chi connectivity index (χ3n) is 5.69. The first-order valence-corrected chi connectivity index (χ1v) is 10.3. The monoisotopic (exact) mass is 425 g/mol. The first-order chi connectivity index (χ1) is 14.6. The first-order valence-electron chi connectivity index (χ1n) is 9.91. The van der Waals surface area contributed by atoms with Crippen molar-refractivity contribution < 1.29 is 13.9 Å². The summed E-state index contributed by atoms with van der Waals surface area (Å²) in [6, 6.07) is 8.00. The van der Waals surface area contributed by atoms with Crippen molar-refractivity contribution in [1.82, 2.24) is 14.8 Å². The standard InChI is InChI=1S/C22H20ClN3O4/c23-15-3-4-17-16(12-15)20(27)18-19(14-2-1-5-24-13-14)26(22(28)21(18)30-17)7-6-25-8-10-29-11-9-25/h1-5,12-13,19H,6-11H2/t19-/m0/s1. The molecule has 2 aliphatic rings. The van der Waals surface area contributed by atoms with Crippen LogP contribution in [0.3, 0.4) is 0 Å². The van der Waals surface area contributed by atoms with Crippen LogP contribution < -0.4 is 5.43 Å². The molecule has 2 aromatic heterocycles. The molecule has 1 fully saturated rings. The number of fused-ring (bicyclic) bond motifs is 2. The molecule has 4 heterocycles. The van der Waals surface area contributed by atoms with E-state index in [1.807, 2.05) is 6.07 Å². The number of benzene rings is 1. The highest BCUT2D eigenvalue weighted by Crippen LogP contribution is 2.37. The molecule has 8 heteroatoms.